The van der Waals surface area contributed by atoms with E-state index in [0.29, 0.717) is 11.2 Å². The molecule has 0 saturated carbocycles. The Bertz CT molecular complexity index is 1800. The number of nitrogen functional groups attached to an aromatic ring is 1. The van der Waals surface area contributed by atoms with Crippen LogP contribution >= 0.6 is 39.5 Å². The predicted molar refractivity (Wildman–Crippen MR) is 147 cm³/mol. The van der Waals surface area contributed by atoms with Crippen LogP contribution in [0.15, 0.2) is 30.1 Å². The summed E-state index contributed by atoms with van der Waals surface area (Å²) in [4.78, 5) is 58.7. The van der Waals surface area contributed by atoms with Gasteiger partial charge in [-0.15, -0.1) is 0 Å². The van der Waals surface area contributed by atoms with E-state index < -0.39 is 101 Å². The number of hydrogen-bond donors (Lipinski definition) is 9. The Hall–Kier alpha value is -2.27. The Morgan fingerprint density at radius 1 is 1.06 bits per heavy atom. The Labute approximate surface area is 266 Å². The second kappa shape index (κ2) is 14.5. The van der Waals surface area contributed by atoms with E-state index in [0.717, 1.165) is 0 Å². The summed E-state index contributed by atoms with van der Waals surface area (Å²) in [7, 11) is -28.5. The molecule has 0 aliphatic carbocycles. The lowest BCUT2D eigenvalue weighted by molar-refractivity contribution is -0.147. The van der Waals surface area contributed by atoms with E-state index in [4.69, 9.17) is 15.6 Å². The van der Waals surface area contributed by atoms with Crippen molar-refractivity contribution in [3.63, 3.8) is 0 Å². The molecule has 0 bridgehead atoms. The molecule has 4 heterocycles. The van der Waals surface area contributed by atoms with Crippen molar-refractivity contribution < 1.29 is 103 Å². The number of cyclic esters (lactones) is 1. The minimum absolute atomic E-state index is 0.116. The average molecular weight is 791 g/mol. The highest BCUT2D eigenvalue weighted by Crippen LogP contribution is 2.72. The topological polar surface area (TPSA) is 395 Å². The predicted octanol–water partition coefficient (Wildman–Crippen LogP) is -0.131. The molecular formula is C17H24N4O22P5+. The van der Waals surface area contributed by atoms with Gasteiger partial charge in [0.05, 0.1) is 31.3 Å². The average Bonchev–Trinajstić information content (AvgIpc) is 3.61. The lowest BCUT2D eigenvalue weighted by atomic mass is 10.2. The molecule has 1 fully saturated rings. The molecule has 268 valence electrons. The molecule has 2 aromatic rings. The number of pyridine rings is 1. The number of aliphatic hydroxyl groups excluding tert-OH is 4. The fraction of sp³-hybridized carbons (Fsp3) is 0.471. The molecule has 0 amide bonds. The van der Waals surface area contributed by atoms with Crippen LogP contribution in [0, 0.1) is 0 Å². The molecule has 2 aliphatic rings. The summed E-state index contributed by atoms with van der Waals surface area (Å²) in [6.07, 6.45) is -4.84. The van der Waals surface area contributed by atoms with Gasteiger partial charge in [0.2, 0.25) is 0 Å². The Balaban J connectivity index is 1.30. The first-order valence-corrected chi connectivity index (χ1v) is 19.5. The van der Waals surface area contributed by atoms with E-state index in [1.54, 1.807) is 0 Å². The molecule has 10 atom stereocenters. The number of fused-ring (bicyclic) bond motifs is 1. The molecule has 48 heavy (non-hydrogen) atoms. The van der Waals surface area contributed by atoms with Crippen molar-refractivity contribution in [2.24, 2.45) is 0 Å². The van der Waals surface area contributed by atoms with Gasteiger partial charge in [-0.25, -0.2) is 37.5 Å². The fourth-order valence-corrected chi connectivity index (χ4v) is 9.84. The summed E-state index contributed by atoms with van der Waals surface area (Å²) in [6.45, 7) is -2.01. The van der Waals surface area contributed by atoms with Crippen LogP contribution in [0.4, 0.5) is 5.69 Å². The SMILES string of the molecule is Nc1ccnc2c1ncn2[C@H]1C[C@@H](O)[C@@H](COP(=O)(O)OP(=O)(O)OP(=O)(O)OP(=O)(O)O[P+](=O)OC2=C(O)[C@@H]([C@@H](O)CO)OC2=O)O1. The van der Waals surface area contributed by atoms with Crippen molar-refractivity contribution in [3.8, 4) is 0 Å². The molecule has 26 nitrogen and oxygen atoms in total. The van der Waals surface area contributed by atoms with E-state index in [9.17, 15) is 62.5 Å². The van der Waals surface area contributed by atoms with Gasteiger partial charge in [-0.2, -0.15) is 12.9 Å². The first kappa shape index (κ1) is 38.5. The molecule has 5 unspecified atom stereocenters. The summed E-state index contributed by atoms with van der Waals surface area (Å²) in [5, 5.41) is 38.5. The maximum Gasteiger partial charge on any atom is 0.761 e. The molecule has 10 N–H and O–H groups in total. The first-order valence-electron chi connectivity index (χ1n) is 12.4. The van der Waals surface area contributed by atoms with Crippen LogP contribution in [-0.2, 0) is 63.4 Å². The zero-order valence-electron chi connectivity index (χ0n) is 23.2. The molecule has 1 saturated heterocycles. The number of aromatic nitrogens is 3. The zero-order valence-corrected chi connectivity index (χ0v) is 27.7. The third-order valence-electron chi connectivity index (χ3n) is 5.82. The normalized spacial score (nSPS) is 27.5. The Morgan fingerprint density at radius 3 is 2.33 bits per heavy atom. The van der Waals surface area contributed by atoms with Crippen LogP contribution < -0.4 is 5.73 Å². The lowest BCUT2D eigenvalue weighted by Crippen LogP contribution is -2.31. The van der Waals surface area contributed by atoms with Crippen molar-refractivity contribution in [2.45, 2.75) is 37.1 Å². The second-order valence-electron chi connectivity index (χ2n) is 9.26. The van der Waals surface area contributed by atoms with Gasteiger partial charge < -0.3 is 50.3 Å². The quantitative estimate of drug-likeness (QED) is 0.0789. The number of phosphoric ester groups is 1. The number of imidazole rings is 1. The van der Waals surface area contributed by atoms with Crippen LogP contribution in [0.1, 0.15) is 12.6 Å². The summed E-state index contributed by atoms with van der Waals surface area (Å²) >= 11 is 0. The van der Waals surface area contributed by atoms with E-state index in [2.05, 4.69) is 41.0 Å². The number of rotatable bonds is 16. The van der Waals surface area contributed by atoms with Crippen LogP contribution in [0.3, 0.4) is 0 Å². The highest BCUT2D eigenvalue weighted by Gasteiger charge is 2.52. The number of carbonyl (C=O) groups excluding carboxylic acids is 1. The largest absolute Gasteiger partial charge is 0.761 e. The summed E-state index contributed by atoms with van der Waals surface area (Å²) in [5.41, 5.74) is 6.72. The van der Waals surface area contributed by atoms with Crippen molar-refractivity contribution in [1.82, 2.24) is 14.5 Å². The summed E-state index contributed by atoms with van der Waals surface area (Å²) in [5.74, 6) is -4.18. The van der Waals surface area contributed by atoms with Gasteiger partial charge in [-0.3, -0.25) is 14.0 Å². The van der Waals surface area contributed by atoms with E-state index in [-0.39, 0.29) is 12.1 Å². The van der Waals surface area contributed by atoms with Gasteiger partial charge in [0.15, 0.2) is 17.5 Å². The number of nitrogens with zero attached hydrogens (tertiary/aromatic N) is 3. The van der Waals surface area contributed by atoms with Gasteiger partial charge >= 0.3 is 51.3 Å². The second-order valence-corrected chi connectivity index (χ2v) is 16.5. The summed E-state index contributed by atoms with van der Waals surface area (Å²) in [6, 6.07) is 1.49. The van der Waals surface area contributed by atoms with Gasteiger partial charge in [-0.05, 0) is 6.07 Å². The van der Waals surface area contributed by atoms with Gasteiger partial charge in [0.1, 0.15) is 24.0 Å². The minimum Gasteiger partial charge on any atom is -0.505 e. The highest BCUT2D eigenvalue weighted by molar-refractivity contribution is 7.70. The van der Waals surface area contributed by atoms with Gasteiger partial charge in [-0.1, -0.05) is 0 Å². The number of phosphoric acid groups is 4. The lowest BCUT2D eigenvalue weighted by Gasteiger charge is -2.20. The maximum atomic E-state index is 12.3. The number of esters is 1. The standard InChI is InChI=1S/C17H23N4O22P5/c18-7-1-2-19-16-12(7)20-6-21(16)11-3-8(23)10(37-11)5-36-45(28,29)41-47(32,33)43-48(34,35)42-46(30,31)40-44(27)39-15-13(25)14(9(24)4-22)38-17(15)26/h1-2,6,8-11,14,22-24H,3-5H2,(H6-,18,19,25,26,28,29,30,31,32,33,34,35)/p+1/t8-,9+,10-,11-,14-/m1/s1. The monoisotopic (exact) mass is 791 g/mol. The Kier molecular flexibility index (Phi) is 11.7. The first-order chi connectivity index (χ1) is 22.1. The van der Waals surface area contributed by atoms with Crippen LogP contribution in [0.2, 0.25) is 0 Å². The molecule has 0 aromatic carbocycles. The summed E-state index contributed by atoms with van der Waals surface area (Å²) < 4.78 is 95.6. The number of aliphatic hydroxyl groups is 4. The van der Waals surface area contributed by atoms with Crippen molar-refractivity contribution in [1.29, 1.82) is 0 Å². The molecule has 2 aliphatic heterocycles. The Morgan fingerprint density at radius 2 is 1.69 bits per heavy atom. The maximum absolute atomic E-state index is 12.3. The van der Waals surface area contributed by atoms with Gasteiger partial charge in [0.25, 0.3) is 0 Å². The number of anilines is 1. The fourth-order valence-electron chi connectivity index (χ4n) is 3.90. The smallest absolute Gasteiger partial charge is 0.505 e. The highest BCUT2D eigenvalue weighted by atomic mass is 31.3. The van der Waals surface area contributed by atoms with Crippen molar-refractivity contribution in [3.05, 3.63) is 30.1 Å². The number of carbonyl (C=O) groups is 1. The molecule has 4 rings (SSSR count). The van der Waals surface area contributed by atoms with E-state index in [1.807, 2.05) is 0 Å². The van der Waals surface area contributed by atoms with Crippen LogP contribution in [-0.4, -0.2) is 98.1 Å². The third-order valence-corrected chi connectivity index (χ3v) is 12.9. The minimum atomic E-state index is -6.32. The van der Waals surface area contributed by atoms with Crippen LogP contribution in [0.25, 0.3) is 11.2 Å². The zero-order chi connectivity index (χ0) is 35.8. The number of hydrogen-bond acceptors (Lipinski definition) is 21. The molecule has 0 spiro atoms. The molecular weight excluding hydrogens is 767 g/mol. The van der Waals surface area contributed by atoms with E-state index >= 15 is 0 Å². The van der Waals surface area contributed by atoms with Crippen LogP contribution in [0.5, 0.6) is 0 Å². The molecule has 0 radical (unpaired) electrons. The number of nitrogens with two attached hydrogens (primary N) is 1. The number of ether oxygens (including phenoxy) is 2. The van der Waals surface area contributed by atoms with Crippen molar-refractivity contribution in [2.75, 3.05) is 18.9 Å². The molecule has 31 heteroatoms. The third kappa shape index (κ3) is 9.49. The van der Waals surface area contributed by atoms with E-state index in [1.165, 1.54) is 23.2 Å². The molecule has 2 aromatic heterocycles. The van der Waals surface area contributed by atoms with Crippen molar-refractivity contribution >= 4 is 62.4 Å². The van der Waals surface area contributed by atoms with Gasteiger partial charge in [0, 0.05) is 21.5 Å².